The lowest BCUT2D eigenvalue weighted by Crippen LogP contribution is -2.36. The normalized spacial score (nSPS) is 25.1. The van der Waals surface area contributed by atoms with E-state index in [9.17, 15) is 9.59 Å². The van der Waals surface area contributed by atoms with Gasteiger partial charge in [-0.15, -0.1) is 0 Å². The highest BCUT2D eigenvalue weighted by Gasteiger charge is 2.42. The van der Waals surface area contributed by atoms with E-state index in [1.807, 2.05) is 17.2 Å². The molecule has 1 aromatic heterocycles. The predicted octanol–water partition coefficient (Wildman–Crippen LogP) is 3.50. The Balaban J connectivity index is 1.75. The minimum atomic E-state index is -0.213. The molecular weight excluding hydrogens is 316 g/mol. The van der Waals surface area contributed by atoms with Gasteiger partial charge in [-0.1, -0.05) is 25.8 Å². The number of carbonyl (C=O) groups is 2. The molecule has 2 atom stereocenters. The third-order valence-corrected chi connectivity index (χ3v) is 5.84. The van der Waals surface area contributed by atoms with E-state index < -0.39 is 0 Å². The van der Waals surface area contributed by atoms with Crippen LogP contribution in [0.25, 0.3) is 0 Å². The van der Waals surface area contributed by atoms with Gasteiger partial charge in [-0.25, -0.2) is 0 Å². The topological polar surface area (TPSA) is 59.5 Å². The van der Waals surface area contributed by atoms with Crippen molar-refractivity contribution in [1.82, 2.24) is 9.88 Å². The Kier molecular flexibility index (Phi) is 5.40. The number of esters is 1. The second-order valence-corrected chi connectivity index (χ2v) is 7.83. The molecule has 1 amide bonds. The molecular formula is C20H28N2O3. The molecule has 1 saturated heterocycles. The fourth-order valence-corrected chi connectivity index (χ4v) is 4.55. The van der Waals surface area contributed by atoms with Crippen molar-refractivity contribution >= 4 is 11.9 Å². The van der Waals surface area contributed by atoms with Gasteiger partial charge in [0.25, 0.3) is 0 Å². The molecule has 2 heterocycles. The second kappa shape index (κ2) is 7.54. The molecule has 2 aliphatic rings. The van der Waals surface area contributed by atoms with E-state index in [4.69, 9.17) is 4.74 Å². The zero-order valence-corrected chi connectivity index (χ0v) is 15.2. The van der Waals surface area contributed by atoms with Crippen LogP contribution in [0.5, 0.6) is 0 Å². The van der Waals surface area contributed by atoms with Gasteiger partial charge in [0.15, 0.2) is 0 Å². The first-order chi connectivity index (χ1) is 12.0. The van der Waals surface area contributed by atoms with E-state index in [0.717, 1.165) is 44.2 Å². The van der Waals surface area contributed by atoms with Crippen molar-refractivity contribution in [3.63, 3.8) is 0 Å². The summed E-state index contributed by atoms with van der Waals surface area (Å²) in [5, 5.41) is 0. The highest BCUT2D eigenvalue weighted by Crippen LogP contribution is 2.46. The Morgan fingerprint density at radius 3 is 2.72 bits per heavy atom. The Hall–Kier alpha value is -1.91. The van der Waals surface area contributed by atoms with E-state index in [1.54, 1.807) is 6.20 Å². The summed E-state index contributed by atoms with van der Waals surface area (Å²) in [6.45, 7) is 2.98. The molecule has 0 unspecified atom stereocenters. The van der Waals surface area contributed by atoms with E-state index >= 15 is 0 Å². The lowest BCUT2D eigenvalue weighted by Gasteiger charge is -2.32. The summed E-state index contributed by atoms with van der Waals surface area (Å²) in [6, 6.07) is 4.08. The molecule has 3 rings (SSSR count). The SMILES string of the molecule is COC(=O)CC1(CC(=O)N2C[C@H](C)C[C@H]2c2cccnc2)CCCC1. The number of ether oxygens (including phenoxy) is 1. The van der Waals surface area contributed by atoms with Crippen LogP contribution in [0.2, 0.25) is 0 Å². The Morgan fingerprint density at radius 2 is 2.08 bits per heavy atom. The second-order valence-electron chi connectivity index (χ2n) is 7.83. The van der Waals surface area contributed by atoms with Gasteiger partial charge in [-0.05, 0) is 42.2 Å². The Morgan fingerprint density at radius 1 is 1.32 bits per heavy atom. The minimum absolute atomic E-state index is 0.104. The summed E-state index contributed by atoms with van der Waals surface area (Å²) >= 11 is 0. The monoisotopic (exact) mass is 344 g/mol. The molecule has 1 saturated carbocycles. The summed E-state index contributed by atoms with van der Waals surface area (Å²) < 4.78 is 4.88. The Bertz CT molecular complexity index is 611. The van der Waals surface area contributed by atoms with E-state index in [2.05, 4.69) is 18.0 Å². The fraction of sp³-hybridized carbons (Fsp3) is 0.650. The van der Waals surface area contributed by atoms with Crippen LogP contribution >= 0.6 is 0 Å². The molecule has 5 heteroatoms. The first kappa shape index (κ1) is 17.9. The van der Waals surface area contributed by atoms with Crippen LogP contribution in [-0.2, 0) is 14.3 Å². The van der Waals surface area contributed by atoms with Crippen LogP contribution in [0.3, 0.4) is 0 Å². The van der Waals surface area contributed by atoms with Crippen LogP contribution < -0.4 is 0 Å². The molecule has 136 valence electrons. The number of carbonyl (C=O) groups excluding carboxylic acids is 2. The van der Waals surface area contributed by atoms with Gasteiger partial charge in [0.05, 0.1) is 19.6 Å². The van der Waals surface area contributed by atoms with Crippen molar-refractivity contribution in [1.29, 1.82) is 0 Å². The quantitative estimate of drug-likeness (QED) is 0.767. The number of aromatic nitrogens is 1. The third kappa shape index (κ3) is 4.02. The van der Waals surface area contributed by atoms with Gasteiger partial charge < -0.3 is 9.64 Å². The van der Waals surface area contributed by atoms with Crippen molar-refractivity contribution < 1.29 is 14.3 Å². The molecule has 5 nitrogen and oxygen atoms in total. The highest BCUT2D eigenvalue weighted by atomic mass is 16.5. The maximum atomic E-state index is 13.2. The van der Waals surface area contributed by atoms with Gasteiger partial charge in [-0.2, -0.15) is 0 Å². The molecule has 0 spiro atoms. The van der Waals surface area contributed by atoms with Crippen molar-refractivity contribution in [3.05, 3.63) is 30.1 Å². The van der Waals surface area contributed by atoms with Gasteiger partial charge in [0, 0.05) is 25.4 Å². The zero-order chi connectivity index (χ0) is 17.9. The molecule has 2 fully saturated rings. The first-order valence-electron chi connectivity index (χ1n) is 9.29. The van der Waals surface area contributed by atoms with Crippen LogP contribution in [0.4, 0.5) is 0 Å². The average Bonchev–Trinajstić information content (AvgIpc) is 3.22. The predicted molar refractivity (Wildman–Crippen MR) is 94.6 cm³/mol. The summed E-state index contributed by atoms with van der Waals surface area (Å²) in [7, 11) is 1.42. The first-order valence-corrected chi connectivity index (χ1v) is 9.29. The minimum Gasteiger partial charge on any atom is -0.469 e. The lowest BCUT2D eigenvalue weighted by atomic mass is 9.79. The summed E-state index contributed by atoms with van der Waals surface area (Å²) in [5.74, 6) is 0.451. The highest BCUT2D eigenvalue weighted by molar-refractivity contribution is 5.79. The fourth-order valence-electron chi connectivity index (χ4n) is 4.55. The maximum Gasteiger partial charge on any atom is 0.306 e. The number of likely N-dealkylation sites (tertiary alicyclic amines) is 1. The van der Waals surface area contributed by atoms with Crippen LogP contribution in [0.1, 0.15) is 63.5 Å². The van der Waals surface area contributed by atoms with Crippen molar-refractivity contribution in [2.45, 2.75) is 57.9 Å². The number of hydrogen-bond acceptors (Lipinski definition) is 4. The number of methoxy groups -OCH3 is 1. The number of nitrogens with zero attached hydrogens (tertiary/aromatic N) is 2. The summed E-state index contributed by atoms with van der Waals surface area (Å²) in [4.78, 5) is 31.2. The van der Waals surface area contributed by atoms with Crippen molar-refractivity contribution in [2.75, 3.05) is 13.7 Å². The van der Waals surface area contributed by atoms with E-state index in [1.165, 1.54) is 7.11 Å². The van der Waals surface area contributed by atoms with Gasteiger partial charge >= 0.3 is 5.97 Å². The molecule has 1 aliphatic carbocycles. The maximum absolute atomic E-state index is 13.2. The van der Waals surface area contributed by atoms with Crippen molar-refractivity contribution in [2.24, 2.45) is 11.3 Å². The van der Waals surface area contributed by atoms with Crippen LogP contribution in [-0.4, -0.2) is 35.4 Å². The number of amides is 1. The summed E-state index contributed by atoms with van der Waals surface area (Å²) in [5.41, 5.74) is 0.892. The molecule has 25 heavy (non-hydrogen) atoms. The number of rotatable bonds is 5. The van der Waals surface area contributed by atoms with Gasteiger partial charge in [0.2, 0.25) is 5.91 Å². The summed E-state index contributed by atoms with van der Waals surface area (Å²) in [6.07, 6.45) is 9.47. The lowest BCUT2D eigenvalue weighted by molar-refractivity contribution is -0.144. The molecule has 0 N–H and O–H groups in total. The molecule has 1 aliphatic heterocycles. The van der Waals surface area contributed by atoms with Gasteiger partial charge in [0.1, 0.15) is 0 Å². The smallest absolute Gasteiger partial charge is 0.306 e. The van der Waals surface area contributed by atoms with E-state index in [0.29, 0.717) is 18.8 Å². The third-order valence-electron chi connectivity index (χ3n) is 5.84. The largest absolute Gasteiger partial charge is 0.469 e. The van der Waals surface area contributed by atoms with Crippen LogP contribution in [0.15, 0.2) is 24.5 Å². The number of pyridine rings is 1. The number of hydrogen-bond donors (Lipinski definition) is 0. The van der Waals surface area contributed by atoms with Crippen LogP contribution in [0, 0.1) is 11.3 Å². The van der Waals surface area contributed by atoms with E-state index in [-0.39, 0.29) is 23.3 Å². The Labute approximate surface area is 149 Å². The standard InChI is InChI=1S/C20H28N2O3/c1-15-10-17(16-6-5-9-21-13-16)22(14-15)18(23)11-20(7-3-4-8-20)12-19(24)25-2/h5-6,9,13,15,17H,3-4,7-8,10-12,14H2,1-2H3/t15-,17+/m1/s1. The van der Waals surface area contributed by atoms with Crippen molar-refractivity contribution in [3.8, 4) is 0 Å². The average molecular weight is 344 g/mol. The zero-order valence-electron chi connectivity index (χ0n) is 15.2. The molecule has 0 bridgehead atoms. The molecule has 1 aromatic rings. The molecule has 0 radical (unpaired) electrons. The van der Waals surface area contributed by atoms with Gasteiger partial charge in [-0.3, -0.25) is 14.6 Å². The molecule has 0 aromatic carbocycles.